The van der Waals surface area contributed by atoms with Gasteiger partial charge in [-0.2, -0.15) is 4.98 Å². The first-order valence-electron chi connectivity index (χ1n) is 8.55. The second kappa shape index (κ2) is 6.27. The third kappa shape index (κ3) is 2.71. The largest absolute Gasteiger partial charge is 0.289 e. The van der Waals surface area contributed by atoms with Crippen molar-refractivity contribution < 1.29 is 14.4 Å². The molecular formula is C18H17N5O3S. The predicted molar refractivity (Wildman–Crippen MR) is 100 cm³/mol. The lowest BCUT2D eigenvalue weighted by Gasteiger charge is -2.20. The van der Waals surface area contributed by atoms with E-state index in [9.17, 15) is 14.4 Å². The average Bonchev–Trinajstić information content (AvgIpc) is 3.28. The van der Waals surface area contributed by atoms with Crippen LogP contribution in [0.25, 0.3) is 4.96 Å². The van der Waals surface area contributed by atoms with Gasteiger partial charge in [0.2, 0.25) is 4.96 Å². The van der Waals surface area contributed by atoms with E-state index in [1.807, 2.05) is 26.2 Å². The molecule has 3 amide bonds. The number of benzene rings is 1. The maximum atomic E-state index is 12.6. The van der Waals surface area contributed by atoms with Crippen LogP contribution in [0.5, 0.6) is 0 Å². The van der Waals surface area contributed by atoms with Crippen molar-refractivity contribution in [3.8, 4) is 0 Å². The van der Waals surface area contributed by atoms with Gasteiger partial charge in [0.05, 0.1) is 16.8 Å². The zero-order chi connectivity index (χ0) is 19.3. The molecule has 0 bridgehead atoms. The van der Waals surface area contributed by atoms with Gasteiger partial charge in [-0.15, -0.1) is 16.4 Å². The maximum Gasteiger partial charge on any atom is 0.261 e. The van der Waals surface area contributed by atoms with Gasteiger partial charge in [0, 0.05) is 17.0 Å². The van der Waals surface area contributed by atoms with E-state index >= 15 is 0 Å². The van der Waals surface area contributed by atoms with E-state index in [1.54, 1.807) is 4.52 Å². The molecule has 1 aliphatic heterocycles. The van der Waals surface area contributed by atoms with E-state index in [0.29, 0.717) is 16.9 Å². The Hall–Kier alpha value is -3.07. The number of carbonyl (C=O) groups is 3. The van der Waals surface area contributed by atoms with Crippen molar-refractivity contribution in [3.05, 3.63) is 46.0 Å². The van der Waals surface area contributed by atoms with Crippen LogP contribution in [0.4, 0.5) is 5.95 Å². The van der Waals surface area contributed by atoms with Gasteiger partial charge in [0.1, 0.15) is 0 Å². The van der Waals surface area contributed by atoms with Crippen LogP contribution in [0.3, 0.4) is 0 Å². The number of imide groups is 1. The lowest BCUT2D eigenvalue weighted by Crippen LogP contribution is -2.37. The number of amides is 3. The lowest BCUT2D eigenvalue weighted by molar-refractivity contribution is 0.0593. The van der Waals surface area contributed by atoms with Crippen molar-refractivity contribution >= 4 is 40.0 Å². The highest BCUT2D eigenvalue weighted by Gasteiger charge is 2.38. The Kier molecular flexibility index (Phi) is 4.03. The van der Waals surface area contributed by atoms with E-state index < -0.39 is 5.91 Å². The maximum absolute atomic E-state index is 12.6. The topological polar surface area (TPSA) is 96.7 Å². The van der Waals surface area contributed by atoms with Gasteiger partial charge < -0.3 is 0 Å². The highest BCUT2D eigenvalue weighted by molar-refractivity contribution is 7.15. The SMILES string of the molecule is CCC(C)N1C(=O)c2ccc(C(=O)Nc3nc4scc(C)n4n3)cc2C1=O. The Balaban J connectivity index is 1.60. The van der Waals surface area contributed by atoms with E-state index in [2.05, 4.69) is 15.4 Å². The number of aromatic nitrogens is 3. The van der Waals surface area contributed by atoms with Crippen molar-refractivity contribution in [2.75, 3.05) is 5.32 Å². The molecule has 9 heteroatoms. The molecule has 2 aromatic heterocycles. The molecule has 0 radical (unpaired) electrons. The molecule has 0 saturated heterocycles. The first kappa shape index (κ1) is 17.3. The predicted octanol–water partition coefficient (Wildman–Crippen LogP) is 2.75. The first-order chi connectivity index (χ1) is 12.9. The summed E-state index contributed by atoms with van der Waals surface area (Å²) in [5.74, 6) is -0.923. The first-order valence-corrected chi connectivity index (χ1v) is 9.42. The van der Waals surface area contributed by atoms with Crippen LogP contribution < -0.4 is 5.32 Å². The molecule has 4 rings (SSSR count). The van der Waals surface area contributed by atoms with Gasteiger partial charge >= 0.3 is 0 Å². The third-order valence-corrected chi connectivity index (χ3v) is 5.62. The van der Waals surface area contributed by atoms with E-state index in [1.165, 1.54) is 34.4 Å². The van der Waals surface area contributed by atoms with Crippen LogP contribution in [0.2, 0.25) is 0 Å². The molecule has 0 aliphatic carbocycles. The molecule has 138 valence electrons. The molecule has 1 aliphatic rings. The van der Waals surface area contributed by atoms with Crippen molar-refractivity contribution in [1.82, 2.24) is 19.5 Å². The Morgan fingerprint density at radius 2 is 2.00 bits per heavy atom. The molecule has 27 heavy (non-hydrogen) atoms. The van der Waals surface area contributed by atoms with Crippen molar-refractivity contribution in [2.24, 2.45) is 0 Å². The standard InChI is InChI=1S/C18H17N5O3S/c1-4-9(2)22-15(25)12-6-5-11(7-13(12)16(22)26)14(24)19-17-20-18-23(21-17)10(3)8-27-18/h5-9H,4H2,1-3H3,(H,19,21,24). The summed E-state index contributed by atoms with van der Waals surface area (Å²) in [5.41, 5.74) is 1.78. The lowest BCUT2D eigenvalue weighted by atomic mass is 10.1. The summed E-state index contributed by atoms with van der Waals surface area (Å²) >= 11 is 1.43. The minimum Gasteiger partial charge on any atom is -0.289 e. The number of fused-ring (bicyclic) bond motifs is 2. The van der Waals surface area contributed by atoms with E-state index in [4.69, 9.17) is 0 Å². The summed E-state index contributed by atoms with van der Waals surface area (Å²) in [5, 5.41) is 8.80. The molecule has 1 aromatic carbocycles. The minimum atomic E-state index is -0.434. The zero-order valence-corrected chi connectivity index (χ0v) is 15.8. The molecule has 1 N–H and O–H groups in total. The Morgan fingerprint density at radius 3 is 2.70 bits per heavy atom. The molecular weight excluding hydrogens is 366 g/mol. The average molecular weight is 383 g/mol. The fraction of sp³-hybridized carbons (Fsp3) is 0.278. The van der Waals surface area contributed by atoms with Gasteiger partial charge in [-0.05, 0) is 38.5 Å². The second-order valence-corrected chi connectivity index (χ2v) is 7.30. The van der Waals surface area contributed by atoms with E-state index in [0.717, 1.165) is 5.69 Å². The smallest absolute Gasteiger partial charge is 0.261 e. The second-order valence-electron chi connectivity index (χ2n) is 6.46. The van der Waals surface area contributed by atoms with Gasteiger partial charge in [-0.25, -0.2) is 4.52 Å². The van der Waals surface area contributed by atoms with Crippen molar-refractivity contribution in [3.63, 3.8) is 0 Å². The van der Waals surface area contributed by atoms with Crippen molar-refractivity contribution in [2.45, 2.75) is 33.2 Å². The van der Waals surface area contributed by atoms with Gasteiger partial charge in [-0.3, -0.25) is 24.6 Å². The summed E-state index contributed by atoms with van der Waals surface area (Å²) < 4.78 is 1.65. The number of anilines is 1. The molecule has 8 nitrogen and oxygen atoms in total. The molecule has 3 heterocycles. The summed E-state index contributed by atoms with van der Waals surface area (Å²) in [6, 6.07) is 4.32. The summed E-state index contributed by atoms with van der Waals surface area (Å²) in [4.78, 5) is 43.8. The Morgan fingerprint density at radius 1 is 1.26 bits per heavy atom. The quantitative estimate of drug-likeness (QED) is 0.699. The number of aryl methyl sites for hydroxylation is 1. The van der Waals surface area contributed by atoms with Crippen LogP contribution in [0.15, 0.2) is 23.6 Å². The summed E-state index contributed by atoms with van der Waals surface area (Å²) in [6.45, 7) is 5.64. The zero-order valence-electron chi connectivity index (χ0n) is 15.0. The number of hydrogen-bond donors (Lipinski definition) is 1. The fourth-order valence-electron chi connectivity index (χ4n) is 3.00. The van der Waals surface area contributed by atoms with Crippen LogP contribution in [0, 0.1) is 6.92 Å². The Labute approximate surface area is 158 Å². The number of nitrogens with one attached hydrogen (secondary N) is 1. The number of carbonyl (C=O) groups excluding carboxylic acids is 3. The fourth-order valence-corrected chi connectivity index (χ4v) is 3.80. The third-order valence-electron chi connectivity index (χ3n) is 4.68. The summed E-state index contributed by atoms with van der Waals surface area (Å²) in [6.07, 6.45) is 0.668. The molecule has 0 saturated carbocycles. The number of thiazole rings is 1. The Bertz CT molecular complexity index is 1100. The highest BCUT2D eigenvalue weighted by Crippen LogP contribution is 2.27. The van der Waals surface area contributed by atoms with Gasteiger partial charge in [0.25, 0.3) is 23.7 Å². The van der Waals surface area contributed by atoms with Crippen LogP contribution in [-0.2, 0) is 0 Å². The van der Waals surface area contributed by atoms with Crippen LogP contribution >= 0.6 is 11.3 Å². The number of hydrogen-bond acceptors (Lipinski definition) is 6. The molecule has 3 aromatic rings. The monoisotopic (exact) mass is 383 g/mol. The molecule has 0 fully saturated rings. The number of nitrogens with zero attached hydrogens (tertiary/aromatic N) is 4. The minimum absolute atomic E-state index is 0.194. The summed E-state index contributed by atoms with van der Waals surface area (Å²) in [7, 11) is 0. The van der Waals surface area contributed by atoms with Gasteiger partial charge in [-0.1, -0.05) is 6.92 Å². The normalized spacial score (nSPS) is 14.7. The van der Waals surface area contributed by atoms with Crippen molar-refractivity contribution in [1.29, 1.82) is 0 Å². The molecule has 1 atom stereocenters. The number of rotatable bonds is 4. The highest BCUT2D eigenvalue weighted by atomic mass is 32.1. The van der Waals surface area contributed by atoms with E-state index in [-0.39, 0.29) is 34.9 Å². The molecule has 1 unspecified atom stereocenters. The molecule has 0 spiro atoms. The van der Waals surface area contributed by atoms with Crippen LogP contribution in [0.1, 0.15) is 57.0 Å². The van der Waals surface area contributed by atoms with Gasteiger partial charge in [0.15, 0.2) is 0 Å². The van der Waals surface area contributed by atoms with Crippen LogP contribution in [-0.4, -0.2) is 43.3 Å².